The predicted molar refractivity (Wildman–Crippen MR) is 121 cm³/mol. The van der Waals surface area contributed by atoms with E-state index in [1.54, 1.807) is 6.07 Å². The largest absolute Gasteiger partial charge is 0.489 e. The molecule has 0 spiro atoms. The lowest BCUT2D eigenvalue weighted by molar-refractivity contribution is 0.0975. The van der Waals surface area contributed by atoms with Crippen molar-refractivity contribution in [3.63, 3.8) is 0 Å². The Bertz CT molecular complexity index is 983. The van der Waals surface area contributed by atoms with Crippen molar-refractivity contribution in [2.45, 2.75) is 26.9 Å². The van der Waals surface area contributed by atoms with E-state index >= 15 is 0 Å². The Balaban J connectivity index is 1.62. The van der Waals surface area contributed by atoms with Crippen LogP contribution in [0, 0.1) is 6.92 Å². The van der Waals surface area contributed by atoms with Gasteiger partial charge in [0.25, 0.3) is 5.91 Å². The van der Waals surface area contributed by atoms with Gasteiger partial charge in [-0.3, -0.25) is 10.1 Å². The number of hydrogen-bond acceptors (Lipinski definition) is 3. The van der Waals surface area contributed by atoms with Gasteiger partial charge in [0.1, 0.15) is 12.4 Å². The molecule has 0 aliphatic heterocycles. The van der Waals surface area contributed by atoms with E-state index in [4.69, 9.17) is 17.0 Å². The van der Waals surface area contributed by atoms with Crippen LogP contribution in [0.25, 0.3) is 0 Å². The van der Waals surface area contributed by atoms with Crippen molar-refractivity contribution < 1.29 is 9.53 Å². The van der Waals surface area contributed by atoms with Crippen LogP contribution < -0.4 is 15.4 Å². The highest BCUT2D eigenvalue weighted by molar-refractivity contribution is 7.80. The average molecular weight is 405 g/mol. The number of aryl methyl sites for hydroxylation is 2. The standard InChI is InChI=1S/C24H24N2O2S/c1-3-18-10-14-21(15-11-18)28-16-19-6-4-5-7-22(19)23(27)26-24(29)25-20-12-8-17(2)9-13-20/h4-15H,3,16H2,1-2H3,(H2,25,26,27,29). The van der Waals surface area contributed by atoms with E-state index in [0.717, 1.165) is 29.0 Å². The molecule has 0 unspecified atom stereocenters. The number of amides is 1. The summed E-state index contributed by atoms with van der Waals surface area (Å²) in [4.78, 5) is 12.7. The zero-order valence-corrected chi connectivity index (χ0v) is 17.4. The molecule has 0 aromatic heterocycles. The number of rotatable bonds is 6. The fraction of sp³-hybridized carbons (Fsp3) is 0.167. The summed E-state index contributed by atoms with van der Waals surface area (Å²) < 4.78 is 5.87. The molecule has 0 bridgehead atoms. The molecule has 2 N–H and O–H groups in total. The van der Waals surface area contributed by atoms with Gasteiger partial charge in [0.15, 0.2) is 5.11 Å². The monoisotopic (exact) mass is 404 g/mol. The topological polar surface area (TPSA) is 50.4 Å². The molecule has 3 aromatic rings. The molecule has 148 valence electrons. The first kappa shape index (κ1) is 20.6. The lowest BCUT2D eigenvalue weighted by atomic mass is 10.1. The van der Waals surface area contributed by atoms with Crippen LogP contribution >= 0.6 is 12.2 Å². The Kier molecular flexibility index (Phi) is 6.98. The van der Waals surface area contributed by atoms with Crippen LogP contribution in [0.4, 0.5) is 5.69 Å². The molecule has 3 aromatic carbocycles. The van der Waals surface area contributed by atoms with Crippen molar-refractivity contribution in [1.82, 2.24) is 5.32 Å². The van der Waals surface area contributed by atoms with Crippen molar-refractivity contribution in [1.29, 1.82) is 0 Å². The SMILES string of the molecule is CCc1ccc(OCc2ccccc2C(=O)NC(=S)Nc2ccc(C)cc2)cc1. The molecule has 0 saturated heterocycles. The smallest absolute Gasteiger partial charge is 0.257 e. The van der Waals surface area contributed by atoms with Gasteiger partial charge in [0.05, 0.1) is 0 Å². The lowest BCUT2D eigenvalue weighted by Crippen LogP contribution is -2.34. The van der Waals surface area contributed by atoms with Gasteiger partial charge in [0, 0.05) is 16.8 Å². The molecule has 0 saturated carbocycles. The Morgan fingerprint density at radius 2 is 1.66 bits per heavy atom. The minimum absolute atomic E-state index is 0.254. The second kappa shape index (κ2) is 9.85. The third-order valence-electron chi connectivity index (χ3n) is 4.52. The molecule has 1 amide bonds. The number of benzene rings is 3. The molecular weight excluding hydrogens is 380 g/mol. The summed E-state index contributed by atoms with van der Waals surface area (Å²) in [5.74, 6) is 0.504. The molecule has 29 heavy (non-hydrogen) atoms. The Morgan fingerprint density at radius 1 is 0.966 bits per heavy atom. The molecule has 0 heterocycles. The van der Waals surface area contributed by atoms with E-state index in [2.05, 4.69) is 17.6 Å². The fourth-order valence-electron chi connectivity index (χ4n) is 2.82. The van der Waals surface area contributed by atoms with Crippen LogP contribution in [0.1, 0.15) is 34.0 Å². The van der Waals surface area contributed by atoms with Crippen molar-refractivity contribution in [2.75, 3.05) is 5.32 Å². The molecule has 0 fully saturated rings. The highest BCUT2D eigenvalue weighted by atomic mass is 32.1. The quantitative estimate of drug-likeness (QED) is 0.550. The van der Waals surface area contributed by atoms with E-state index in [1.807, 2.05) is 73.7 Å². The maximum atomic E-state index is 12.7. The molecule has 0 radical (unpaired) electrons. The molecule has 5 heteroatoms. The van der Waals surface area contributed by atoms with Gasteiger partial charge in [-0.2, -0.15) is 0 Å². The zero-order chi connectivity index (χ0) is 20.6. The van der Waals surface area contributed by atoms with Gasteiger partial charge in [-0.25, -0.2) is 0 Å². The average Bonchev–Trinajstić information content (AvgIpc) is 2.74. The van der Waals surface area contributed by atoms with Gasteiger partial charge in [-0.1, -0.05) is 55.0 Å². The Morgan fingerprint density at radius 3 is 2.34 bits per heavy atom. The van der Waals surface area contributed by atoms with Gasteiger partial charge in [-0.05, 0) is 61.5 Å². The van der Waals surface area contributed by atoms with E-state index in [-0.39, 0.29) is 11.0 Å². The summed E-state index contributed by atoms with van der Waals surface area (Å²) >= 11 is 5.28. The van der Waals surface area contributed by atoms with Crippen molar-refractivity contribution in [3.8, 4) is 5.75 Å². The maximum absolute atomic E-state index is 12.7. The lowest BCUT2D eigenvalue weighted by Gasteiger charge is -2.13. The second-order valence-corrected chi connectivity index (χ2v) is 7.13. The third-order valence-corrected chi connectivity index (χ3v) is 4.73. The number of anilines is 1. The van der Waals surface area contributed by atoms with Gasteiger partial charge >= 0.3 is 0 Å². The van der Waals surface area contributed by atoms with E-state index in [9.17, 15) is 4.79 Å². The number of ether oxygens (including phenoxy) is 1. The number of thiocarbonyl (C=S) groups is 1. The number of nitrogens with one attached hydrogen (secondary N) is 2. The van der Waals surface area contributed by atoms with Crippen molar-refractivity contribution >= 4 is 28.9 Å². The zero-order valence-electron chi connectivity index (χ0n) is 16.6. The molecule has 4 nitrogen and oxygen atoms in total. The van der Waals surface area contributed by atoms with Crippen LogP contribution in [0.15, 0.2) is 72.8 Å². The third kappa shape index (κ3) is 5.90. The minimum atomic E-state index is -0.268. The summed E-state index contributed by atoms with van der Waals surface area (Å²) in [5.41, 5.74) is 4.57. The van der Waals surface area contributed by atoms with Gasteiger partial charge in [0.2, 0.25) is 0 Å². The number of carbonyl (C=O) groups excluding carboxylic acids is 1. The summed E-state index contributed by atoms with van der Waals surface area (Å²) in [6.45, 7) is 4.43. The molecule has 3 rings (SSSR count). The van der Waals surface area contributed by atoms with Crippen LogP contribution in [-0.4, -0.2) is 11.0 Å². The Hall–Kier alpha value is -3.18. The van der Waals surface area contributed by atoms with Crippen LogP contribution in [0.5, 0.6) is 5.75 Å². The first-order valence-corrected chi connectivity index (χ1v) is 9.94. The first-order chi connectivity index (χ1) is 14.0. The van der Waals surface area contributed by atoms with Crippen LogP contribution in [0.3, 0.4) is 0 Å². The van der Waals surface area contributed by atoms with E-state index < -0.39 is 0 Å². The first-order valence-electron chi connectivity index (χ1n) is 9.54. The number of carbonyl (C=O) groups is 1. The van der Waals surface area contributed by atoms with Crippen LogP contribution in [0.2, 0.25) is 0 Å². The maximum Gasteiger partial charge on any atom is 0.257 e. The highest BCUT2D eigenvalue weighted by Gasteiger charge is 2.13. The summed E-state index contributed by atoms with van der Waals surface area (Å²) in [5, 5.41) is 6.02. The molecular formula is C24H24N2O2S. The predicted octanol–water partition coefficient (Wildman–Crippen LogP) is 5.26. The molecule has 0 atom stereocenters. The normalized spacial score (nSPS) is 10.3. The summed E-state index contributed by atoms with van der Waals surface area (Å²) in [6, 6.07) is 23.1. The summed E-state index contributed by atoms with van der Waals surface area (Å²) in [7, 11) is 0. The minimum Gasteiger partial charge on any atom is -0.489 e. The number of hydrogen-bond donors (Lipinski definition) is 2. The van der Waals surface area contributed by atoms with Crippen molar-refractivity contribution in [2.24, 2.45) is 0 Å². The fourth-order valence-corrected chi connectivity index (χ4v) is 3.03. The van der Waals surface area contributed by atoms with E-state index in [0.29, 0.717) is 12.2 Å². The van der Waals surface area contributed by atoms with Gasteiger partial charge < -0.3 is 10.1 Å². The summed E-state index contributed by atoms with van der Waals surface area (Å²) in [6.07, 6.45) is 0.986. The molecule has 0 aliphatic carbocycles. The highest BCUT2D eigenvalue weighted by Crippen LogP contribution is 2.17. The van der Waals surface area contributed by atoms with Crippen molar-refractivity contribution in [3.05, 3.63) is 95.1 Å². The van der Waals surface area contributed by atoms with E-state index in [1.165, 1.54) is 5.56 Å². The van der Waals surface area contributed by atoms with Gasteiger partial charge in [-0.15, -0.1) is 0 Å². The second-order valence-electron chi connectivity index (χ2n) is 6.72. The Labute approximate surface area is 176 Å². The van der Waals surface area contributed by atoms with Crippen LogP contribution in [-0.2, 0) is 13.0 Å². The molecule has 0 aliphatic rings.